The van der Waals surface area contributed by atoms with Crippen molar-refractivity contribution in [2.75, 3.05) is 32.7 Å². The summed E-state index contributed by atoms with van der Waals surface area (Å²) in [7, 11) is 0. The van der Waals surface area contributed by atoms with Crippen LogP contribution in [0.1, 0.15) is 33.1 Å². The second-order valence-corrected chi connectivity index (χ2v) is 4.39. The lowest BCUT2D eigenvalue weighted by molar-refractivity contribution is -0.120. The van der Waals surface area contributed by atoms with Gasteiger partial charge in [-0.2, -0.15) is 0 Å². The van der Waals surface area contributed by atoms with Gasteiger partial charge in [0.2, 0.25) is 5.91 Å². The number of likely N-dealkylation sites (N-methyl/N-ethyl adjacent to an activating group) is 1. The highest BCUT2D eigenvalue weighted by Crippen LogP contribution is 2.25. The average Bonchev–Trinajstić information content (AvgIpc) is 3.10. The average molecular weight is 227 g/mol. The van der Waals surface area contributed by atoms with Crippen molar-refractivity contribution in [3.8, 4) is 0 Å². The Labute approximate surface area is 98.8 Å². The smallest absolute Gasteiger partial charge is 0.233 e. The van der Waals surface area contributed by atoms with Crippen molar-refractivity contribution in [1.29, 1.82) is 0 Å². The highest BCUT2D eigenvalue weighted by molar-refractivity contribution is 5.77. The van der Waals surface area contributed by atoms with Crippen molar-refractivity contribution < 1.29 is 4.79 Å². The van der Waals surface area contributed by atoms with Gasteiger partial charge >= 0.3 is 0 Å². The van der Waals surface area contributed by atoms with Gasteiger partial charge < -0.3 is 10.6 Å². The molecule has 4 nitrogen and oxygen atoms in total. The molecule has 0 atom stereocenters. The summed E-state index contributed by atoms with van der Waals surface area (Å²) in [5.74, 6) is 0.108. The van der Waals surface area contributed by atoms with Crippen LogP contribution in [0.4, 0.5) is 0 Å². The maximum atomic E-state index is 11.3. The second kappa shape index (κ2) is 7.63. The molecule has 1 aliphatic rings. The number of rotatable bonds is 9. The van der Waals surface area contributed by atoms with Crippen LogP contribution >= 0.6 is 0 Å². The largest absolute Gasteiger partial charge is 0.355 e. The lowest BCUT2D eigenvalue weighted by Crippen LogP contribution is -2.39. The molecule has 0 bridgehead atoms. The minimum atomic E-state index is 0.108. The number of hydrogen-bond donors (Lipinski definition) is 2. The zero-order valence-electron chi connectivity index (χ0n) is 10.6. The zero-order valence-corrected chi connectivity index (χ0v) is 10.6. The van der Waals surface area contributed by atoms with Crippen molar-refractivity contribution in [2.45, 2.75) is 39.2 Å². The molecule has 1 fully saturated rings. The number of nitrogens with zero attached hydrogens (tertiary/aromatic N) is 1. The summed E-state index contributed by atoms with van der Waals surface area (Å²) in [6.45, 7) is 8.57. The van der Waals surface area contributed by atoms with Gasteiger partial charge in [-0.05, 0) is 25.8 Å². The van der Waals surface area contributed by atoms with Gasteiger partial charge in [-0.15, -0.1) is 0 Å². The Hall–Kier alpha value is -0.610. The third-order valence-electron chi connectivity index (χ3n) is 2.90. The Balaban J connectivity index is 1.95. The first kappa shape index (κ1) is 13.5. The zero-order chi connectivity index (χ0) is 11.8. The molecule has 0 aromatic heterocycles. The van der Waals surface area contributed by atoms with Gasteiger partial charge in [0.15, 0.2) is 0 Å². The van der Waals surface area contributed by atoms with E-state index in [4.69, 9.17) is 0 Å². The lowest BCUT2D eigenvalue weighted by Gasteiger charge is -2.19. The van der Waals surface area contributed by atoms with E-state index in [1.807, 2.05) is 0 Å². The van der Waals surface area contributed by atoms with Crippen LogP contribution in [-0.4, -0.2) is 49.6 Å². The van der Waals surface area contributed by atoms with E-state index in [2.05, 4.69) is 29.4 Å². The standard InChI is InChI=1S/C12H25N3O/c1-3-7-14-12(16)10-13-8-9-15(4-2)11-5-6-11/h11,13H,3-10H2,1-2H3,(H,14,16). The number of nitrogens with one attached hydrogen (secondary N) is 2. The summed E-state index contributed by atoms with van der Waals surface area (Å²) in [4.78, 5) is 13.8. The maximum Gasteiger partial charge on any atom is 0.233 e. The number of hydrogen-bond acceptors (Lipinski definition) is 3. The molecule has 0 unspecified atom stereocenters. The molecule has 0 spiro atoms. The van der Waals surface area contributed by atoms with Crippen molar-refractivity contribution in [1.82, 2.24) is 15.5 Å². The first-order valence-electron chi connectivity index (χ1n) is 6.49. The first-order chi connectivity index (χ1) is 7.77. The van der Waals surface area contributed by atoms with E-state index in [0.29, 0.717) is 6.54 Å². The van der Waals surface area contributed by atoms with Crippen LogP contribution in [-0.2, 0) is 4.79 Å². The van der Waals surface area contributed by atoms with E-state index in [1.165, 1.54) is 12.8 Å². The fourth-order valence-corrected chi connectivity index (χ4v) is 1.79. The van der Waals surface area contributed by atoms with E-state index in [0.717, 1.165) is 38.6 Å². The van der Waals surface area contributed by atoms with Crippen molar-refractivity contribution in [3.05, 3.63) is 0 Å². The molecule has 0 aromatic rings. The summed E-state index contributed by atoms with van der Waals surface area (Å²) >= 11 is 0. The highest BCUT2D eigenvalue weighted by Gasteiger charge is 2.26. The third-order valence-corrected chi connectivity index (χ3v) is 2.90. The molecule has 1 saturated carbocycles. The summed E-state index contributed by atoms with van der Waals surface area (Å²) in [6, 6.07) is 0.820. The Morgan fingerprint density at radius 2 is 2.06 bits per heavy atom. The summed E-state index contributed by atoms with van der Waals surface area (Å²) in [6.07, 6.45) is 3.70. The maximum absolute atomic E-state index is 11.3. The molecule has 94 valence electrons. The SMILES string of the molecule is CCCNC(=O)CNCCN(CC)C1CC1. The molecule has 0 aromatic carbocycles. The van der Waals surface area contributed by atoms with E-state index >= 15 is 0 Å². The third kappa shape index (κ3) is 5.47. The molecule has 4 heteroatoms. The van der Waals surface area contributed by atoms with Crippen molar-refractivity contribution >= 4 is 5.91 Å². The van der Waals surface area contributed by atoms with Crippen LogP contribution in [0.15, 0.2) is 0 Å². The van der Waals surface area contributed by atoms with E-state index in [1.54, 1.807) is 0 Å². The first-order valence-corrected chi connectivity index (χ1v) is 6.49. The van der Waals surface area contributed by atoms with Crippen LogP contribution in [0.5, 0.6) is 0 Å². The molecule has 0 saturated heterocycles. The number of carbonyl (C=O) groups is 1. The fourth-order valence-electron chi connectivity index (χ4n) is 1.79. The van der Waals surface area contributed by atoms with Gasteiger partial charge in [0, 0.05) is 25.7 Å². The minimum Gasteiger partial charge on any atom is -0.355 e. The normalized spacial score (nSPS) is 15.4. The molecule has 0 aliphatic heterocycles. The number of amides is 1. The van der Waals surface area contributed by atoms with Crippen LogP contribution in [0, 0.1) is 0 Å². The quantitative estimate of drug-likeness (QED) is 0.567. The van der Waals surface area contributed by atoms with Crippen LogP contribution in [0.25, 0.3) is 0 Å². The van der Waals surface area contributed by atoms with Crippen molar-refractivity contribution in [3.63, 3.8) is 0 Å². The van der Waals surface area contributed by atoms with Gasteiger partial charge in [0.25, 0.3) is 0 Å². The highest BCUT2D eigenvalue weighted by atomic mass is 16.1. The topological polar surface area (TPSA) is 44.4 Å². The molecule has 0 heterocycles. The van der Waals surface area contributed by atoms with Crippen molar-refractivity contribution in [2.24, 2.45) is 0 Å². The van der Waals surface area contributed by atoms with Gasteiger partial charge in [0.1, 0.15) is 0 Å². The summed E-state index contributed by atoms with van der Waals surface area (Å²) in [5, 5.41) is 6.04. The minimum absolute atomic E-state index is 0.108. The molecule has 1 rings (SSSR count). The summed E-state index contributed by atoms with van der Waals surface area (Å²) < 4.78 is 0. The number of carbonyl (C=O) groups excluding carboxylic acids is 1. The van der Waals surface area contributed by atoms with Gasteiger partial charge in [-0.1, -0.05) is 13.8 Å². The molecule has 2 N–H and O–H groups in total. The summed E-state index contributed by atoms with van der Waals surface area (Å²) in [5.41, 5.74) is 0. The van der Waals surface area contributed by atoms with Crippen LogP contribution in [0.2, 0.25) is 0 Å². The molecular formula is C12H25N3O. The Bertz CT molecular complexity index is 204. The van der Waals surface area contributed by atoms with Gasteiger partial charge in [0.05, 0.1) is 6.54 Å². The Morgan fingerprint density at radius 1 is 1.31 bits per heavy atom. The van der Waals surface area contributed by atoms with E-state index in [9.17, 15) is 4.79 Å². The van der Waals surface area contributed by atoms with Crippen LogP contribution in [0.3, 0.4) is 0 Å². The Kier molecular flexibility index (Phi) is 6.42. The van der Waals surface area contributed by atoms with E-state index in [-0.39, 0.29) is 5.91 Å². The van der Waals surface area contributed by atoms with E-state index < -0.39 is 0 Å². The Morgan fingerprint density at radius 3 is 2.62 bits per heavy atom. The monoisotopic (exact) mass is 227 g/mol. The molecule has 1 aliphatic carbocycles. The van der Waals surface area contributed by atoms with Crippen LogP contribution < -0.4 is 10.6 Å². The molecule has 0 radical (unpaired) electrons. The van der Waals surface area contributed by atoms with Gasteiger partial charge in [-0.25, -0.2) is 0 Å². The predicted octanol–water partition coefficient (Wildman–Crippen LogP) is 0.587. The van der Waals surface area contributed by atoms with Gasteiger partial charge in [-0.3, -0.25) is 9.69 Å². The molecule has 16 heavy (non-hydrogen) atoms. The second-order valence-electron chi connectivity index (χ2n) is 4.39. The molecular weight excluding hydrogens is 202 g/mol. The lowest BCUT2D eigenvalue weighted by atomic mass is 10.4. The molecule has 1 amide bonds. The fraction of sp³-hybridized carbons (Fsp3) is 0.917. The predicted molar refractivity (Wildman–Crippen MR) is 66.4 cm³/mol.